The van der Waals surface area contributed by atoms with Crippen LogP contribution in [0, 0.1) is 10.1 Å². The van der Waals surface area contributed by atoms with Gasteiger partial charge in [-0.1, -0.05) is 18.2 Å². The van der Waals surface area contributed by atoms with Crippen LogP contribution >= 0.6 is 0 Å². The third-order valence-electron chi connectivity index (χ3n) is 2.84. The molecule has 0 aliphatic rings. The Labute approximate surface area is 130 Å². The Bertz CT molecular complexity index is 526. The van der Waals surface area contributed by atoms with E-state index in [1.165, 1.54) is 6.07 Å². The Morgan fingerprint density at radius 3 is 2.55 bits per heavy atom. The van der Waals surface area contributed by atoms with Crippen molar-refractivity contribution in [2.24, 2.45) is 0 Å². The molecule has 0 aromatic heterocycles. The lowest BCUT2D eigenvalue weighted by Crippen LogP contribution is -2.37. The van der Waals surface area contributed by atoms with Gasteiger partial charge in [0.05, 0.1) is 4.92 Å². The standard InChI is InChI=1S/C15H23N3O4/c1-11(12-7-5-6-8-13(12)18(20)21)16-9-10-17-14(19)22-15(2,3)4/h5-8,11,16H,9-10H2,1-4H3,(H,17,19). The molecule has 0 bridgehead atoms. The maximum Gasteiger partial charge on any atom is 0.407 e. The first-order valence-electron chi connectivity index (χ1n) is 7.14. The van der Waals surface area contributed by atoms with E-state index < -0.39 is 16.6 Å². The van der Waals surface area contributed by atoms with Crippen LogP contribution in [0.3, 0.4) is 0 Å². The van der Waals surface area contributed by atoms with Gasteiger partial charge in [-0.05, 0) is 27.7 Å². The van der Waals surface area contributed by atoms with Gasteiger partial charge in [0.2, 0.25) is 0 Å². The van der Waals surface area contributed by atoms with Crippen LogP contribution in [0.1, 0.15) is 39.3 Å². The summed E-state index contributed by atoms with van der Waals surface area (Å²) in [6, 6.07) is 6.41. The third-order valence-corrected chi connectivity index (χ3v) is 2.84. The summed E-state index contributed by atoms with van der Waals surface area (Å²) in [6.45, 7) is 8.08. The van der Waals surface area contributed by atoms with Crippen LogP contribution in [0.5, 0.6) is 0 Å². The van der Waals surface area contributed by atoms with Gasteiger partial charge in [0.1, 0.15) is 5.60 Å². The van der Waals surface area contributed by atoms with Crippen LogP contribution in [0.2, 0.25) is 0 Å². The van der Waals surface area contributed by atoms with Crippen LogP contribution in [-0.4, -0.2) is 29.7 Å². The Balaban J connectivity index is 2.43. The fraction of sp³-hybridized carbons (Fsp3) is 0.533. The second kappa shape index (κ2) is 7.74. The highest BCUT2D eigenvalue weighted by Gasteiger charge is 2.18. The average molecular weight is 309 g/mol. The van der Waals surface area contributed by atoms with Crippen LogP contribution < -0.4 is 10.6 Å². The Hall–Kier alpha value is -2.15. The number of para-hydroxylation sites is 1. The minimum atomic E-state index is -0.532. The van der Waals surface area contributed by atoms with Gasteiger partial charge >= 0.3 is 6.09 Å². The number of nitrogens with one attached hydrogen (secondary N) is 2. The number of nitrogens with zero attached hydrogens (tertiary/aromatic N) is 1. The molecular formula is C15H23N3O4. The second-order valence-corrected chi connectivity index (χ2v) is 5.92. The highest BCUT2D eigenvalue weighted by Crippen LogP contribution is 2.23. The van der Waals surface area contributed by atoms with Gasteiger partial charge < -0.3 is 15.4 Å². The van der Waals surface area contributed by atoms with E-state index in [1.807, 2.05) is 6.92 Å². The van der Waals surface area contributed by atoms with Crippen molar-refractivity contribution < 1.29 is 14.5 Å². The summed E-state index contributed by atoms with van der Waals surface area (Å²) in [5.41, 5.74) is 0.169. The van der Waals surface area contributed by atoms with Gasteiger partial charge in [0.25, 0.3) is 5.69 Å². The topological polar surface area (TPSA) is 93.5 Å². The molecule has 0 saturated heterocycles. The van der Waals surface area contributed by atoms with Crippen molar-refractivity contribution in [2.45, 2.75) is 39.3 Å². The van der Waals surface area contributed by atoms with E-state index in [2.05, 4.69) is 10.6 Å². The zero-order chi connectivity index (χ0) is 16.8. The largest absolute Gasteiger partial charge is 0.444 e. The Morgan fingerprint density at radius 2 is 1.95 bits per heavy atom. The zero-order valence-corrected chi connectivity index (χ0v) is 13.4. The van der Waals surface area contributed by atoms with Crippen molar-refractivity contribution in [3.8, 4) is 0 Å². The highest BCUT2D eigenvalue weighted by atomic mass is 16.6. The van der Waals surface area contributed by atoms with E-state index in [-0.39, 0.29) is 11.7 Å². The summed E-state index contributed by atoms with van der Waals surface area (Å²) in [4.78, 5) is 22.1. The Morgan fingerprint density at radius 1 is 1.32 bits per heavy atom. The lowest BCUT2D eigenvalue weighted by molar-refractivity contribution is -0.385. The lowest BCUT2D eigenvalue weighted by atomic mass is 10.1. The molecule has 0 saturated carbocycles. The van der Waals surface area contributed by atoms with Gasteiger partial charge in [-0.25, -0.2) is 4.79 Å². The number of alkyl carbamates (subject to hydrolysis) is 1. The van der Waals surface area contributed by atoms with Crippen LogP contribution in [0.25, 0.3) is 0 Å². The highest BCUT2D eigenvalue weighted by molar-refractivity contribution is 5.67. The molecular weight excluding hydrogens is 286 g/mol. The quantitative estimate of drug-likeness (QED) is 0.479. The van der Waals surface area contributed by atoms with Crippen LogP contribution in [-0.2, 0) is 4.74 Å². The number of hydrogen-bond donors (Lipinski definition) is 2. The van der Waals surface area contributed by atoms with Crippen molar-refractivity contribution in [1.82, 2.24) is 10.6 Å². The summed E-state index contributed by atoms with van der Waals surface area (Å²) >= 11 is 0. The molecule has 0 fully saturated rings. The molecule has 0 heterocycles. The first kappa shape index (κ1) is 17.9. The van der Waals surface area contributed by atoms with Gasteiger partial charge in [-0.15, -0.1) is 0 Å². The molecule has 0 radical (unpaired) electrons. The van der Waals surface area contributed by atoms with E-state index in [1.54, 1.807) is 39.0 Å². The number of ether oxygens (including phenoxy) is 1. The molecule has 0 aliphatic carbocycles. The molecule has 1 atom stereocenters. The van der Waals surface area contributed by atoms with Crippen molar-refractivity contribution in [1.29, 1.82) is 0 Å². The fourth-order valence-corrected chi connectivity index (χ4v) is 1.90. The predicted molar refractivity (Wildman–Crippen MR) is 83.8 cm³/mol. The lowest BCUT2D eigenvalue weighted by Gasteiger charge is -2.20. The van der Waals surface area contributed by atoms with E-state index >= 15 is 0 Å². The minimum Gasteiger partial charge on any atom is -0.444 e. The number of nitro benzene ring substituents is 1. The number of hydrogen-bond acceptors (Lipinski definition) is 5. The average Bonchev–Trinajstić information content (AvgIpc) is 2.41. The molecule has 0 spiro atoms. The number of carbonyl (C=O) groups excluding carboxylic acids is 1. The van der Waals surface area contributed by atoms with Crippen molar-refractivity contribution in [3.63, 3.8) is 0 Å². The van der Waals surface area contributed by atoms with E-state index in [0.717, 1.165) is 0 Å². The smallest absolute Gasteiger partial charge is 0.407 e. The first-order chi connectivity index (χ1) is 10.2. The first-order valence-corrected chi connectivity index (χ1v) is 7.14. The molecule has 122 valence electrons. The van der Waals surface area contributed by atoms with Gasteiger partial charge in [-0.3, -0.25) is 10.1 Å². The van der Waals surface area contributed by atoms with Crippen molar-refractivity contribution >= 4 is 11.8 Å². The maximum atomic E-state index is 11.5. The molecule has 1 aromatic rings. The van der Waals surface area contributed by atoms with Gasteiger partial charge in [-0.2, -0.15) is 0 Å². The normalized spacial score (nSPS) is 12.5. The summed E-state index contributed by atoms with van der Waals surface area (Å²) < 4.78 is 5.11. The summed E-state index contributed by atoms with van der Waals surface area (Å²) in [7, 11) is 0. The van der Waals surface area contributed by atoms with Gasteiger partial charge in [0, 0.05) is 30.8 Å². The number of amides is 1. The zero-order valence-electron chi connectivity index (χ0n) is 13.4. The van der Waals surface area contributed by atoms with Crippen LogP contribution in [0.4, 0.5) is 10.5 Å². The van der Waals surface area contributed by atoms with E-state index in [9.17, 15) is 14.9 Å². The number of nitro groups is 1. The maximum absolute atomic E-state index is 11.5. The van der Waals surface area contributed by atoms with E-state index in [4.69, 9.17) is 4.74 Å². The number of rotatable bonds is 6. The van der Waals surface area contributed by atoms with Crippen LogP contribution in [0.15, 0.2) is 24.3 Å². The molecule has 2 N–H and O–H groups in total. The Kier molecular flexibility index (Phi) is 6.30. The summed E-state index contributed by atoms with van der Waals surface area (Å²) in [5.74, 6) is 0. The minimum absolute atomic E-state index is 0.0857. The number of benzene rings is 1. The van der Waals surface area contributed by atoms with Crippen molar-refractivity contribution in [3.05, 3.63) is 39.9 Å². The summed E-state index contributed by atoms with van der Waals surface area (Å²) in [5, 5.41) is 16.7. The molecule has 7 nitrogen and oxygen atoms in total. The summed E-state index contributed by atoms with van der Waals surface area (Å²) in [6.07, 6.45) is -0.479. The molecule has 7 heteroatoms. The predicted octanol–water partition coefficient (Wildman–Crippen LogP) is 2.77. The molecule has 1 rings (SSSR count). The monoisotopic (exact) mass is 309 g/mol. The third kappa shape index (κ3) is 6.09. The molecule has 1 unspecified atom stereocenters. The van der Waals surface area contributed by atoms with E-state index in [0.29, 0.717) is 18.7 Å². The SMILES string of the molecule is CC(NCCNC(=O)OC(C)(C)C)c1ccccc1[N+](=O)[O-]. The number of carbonyl (C=O) groups is 1. The molecule has 22 heavy (non-hydrogen) atoms. The molecule has 1 amide bonds. The fourth-order valence-electron chi connectivity index (χ4n) is 1.90. The van der Waals surface area contributed by atoms with Crippen molar-refractivity contribution in [2.75, 3.05) is 13.1 Å². The molecule has 0 aliphatic heterocycles. The van der Waals surface area contributed by atoms with Gasteiger partial charge in [0.15, 0.2) is 0 Å². The second-order valence-electron chi connectivity index (χ2n) is 5.92. The molecule has 1 aromatic carbocycles.